The Morgan fingerprint density at radius 2 is 1.92 bits per heavy atom. The van der Waals surface area contributed by atoms with Gasteiger partial charge in [0, 0.05) is 5.56 Å². The van der Waals surface area contributed by atoms with Crippen LogP contribution >= 0.6 is 0 Å². The molecule has 25 heavy (non-hydrogen) atoms. The number of carbonyl (C=O) groups is 1. The Morgan fingerprint density at radius 3 is 2.56 bits per heavy atom. The van der Waals surface area contributed by atoms with Gasteiger partial charge in [-0.15, -0.1) is 0 Å². The largest absolute Gasteiger partial charge is 0.507 e. The molecule has 1 amide bonds. The maximum atomic E-state index is 12.3. The van der Waals surface area contributed by atoms with Crippen molar-refractivity contribution in [3.05, 3.63) is 53.6 Å². The average molecular weight is 350 g/mol. The summed E-state index contributed by atoms with van der Waals surface area (Å²) in [6, 6.07) is 10.3. The lowest BCUT2D eigenvalue weighted by atomic mass is 10.1. The first-order valence-electron chi connectivity index (χ1n) is 7.18. The van der Waals surface area contributed by atoms with Gasteiger partial charge in [-0.05, 0) is 37.3 Å². The molecule has 2 rings (SSSR count). The number of halogens is 2. The second kappa shape index (κ2) is 8.09. The number of amides is 1. The van der Waals surface area contributed by atoms with E-state index in [0.29, 0.717) is 11.3 Å². The van der Waals surface area contributed by atoms with E-state index in [1.165, 1.54) is 37.4 Å². The van der Waals surface area contributed by atoms with Crippen LogP contribution in [0, 0.1) is 0 Å². The van der Waals surface area contributed by atoms with Crippen molar-refractivity contribution in [1.82, 2.24) is 5.43 Å². The molecule has 6 nitrogen and oxygen atoms in total. The van der Waals surface area contributed by atoms with Crippen molar-refractivity contribution in [2.75, 3.05) is 7.11 Å². The molecule has 0 heterocycles. The van der Waals surface area contributed by atoms with E-state index in [1.807, 2.05) is 0 Å². The zero-order chi connectivity index (χ0) is 18.4. The van der Waals surface area contributed by atoms with Gasteiger partial charge in [-0.25, -0.2) is 5.43 Å². The number of hydrazone groups is 1. The number of phenols is 1. The van der Waals surface area contributed by atoms with Crippen LogP contribution in [0.3, 0.4) is 0 Å². The summed E-state index contributed by atoms with van der Waals surface area (Å²) in [5.74, 6) is -0.739. The van der Waals surface area contributed by atoms with E-state index in [1.54, 1.807) is 19.1 Å². The van der Waals surface area contributed by atoms with E-state index in [2.05, 4.69) is 15.3 Å². The minimum Gasteiger partial charge on any atom is -0.507 e. The lowest BCUT2D eigenvalue weighted by molar-refractivity contribution is -0.0512. The van der Waals surface area contributed by atoms with E-state index in [4.69, 9.17) is 4.74 Å². The highest BCUT2D eigenvalue weighted by Gasteiger charge is 2.13. The number of methoxy groups -OCH3 is 1. The van der Waals surface area contributed by atoms with Crippen molar-refractivity contribution < 1.29 is 28.2 Å². The molecule has 0 saturated heterocycles. The number of nitrogens with one attached hydrogen (secondary N) is 1. The minimum absolute atomic E-state index is 0.0808. The van der Waals surface area contributed by atoms with Crippen LogP contribution in [-0.2, 0) is 0 Å². The molecule has 2 N–H and O–H groups in total. The van der Waals surface area contributed by atoms with Crippen LogP contribution in [-0.4, -0.2) is 30.4 Å². The first kappa shape index (κ1) is 18.2. The third-order valence-electron chi connectivity index (χ3n) is 3.27. The van der Waals surface area contributed by atoms with E-state index in [9.17, 15) is 18.7 Å². The van der Waals surface area contributed by atoms with Crippen molar-refractivity contribution in [2.45, 2.75) is 13.5 Å². The first-order valence-corrected chi connectivity index (χ1v) is 7.18. The molecule has 0 saturated carbocycles. The lowest BCUT2D eigenvalue weighted by Crippen LogP contribution is -2.19. The fourth-order valence-corrected chi connectivity index (χ4v) is 2.01. The molecule has 0 aliphatic rings. The van der Waals surface area contributed by atoms with Crippen LogP contribution in [0.25, 0.3) is 0 Å². The summed E-state index contributed by atoms with van der Waals surface area (Å²) in [6.07, 6.45) is 0. The first-order chi connectivity index (χ1) is 11.9. The maximum absolute atomic E-state index is 12.3. The standard InChI is InChI=1S/C17H16F2N2O4/c1-10(20-21-16(23)12-5-3-4-6-13(12)22)11-7-8-14(25-17(18)19)15(9-11)24-2/h3-9,17,22H,1-2H3,(H,21,23)/b20-10-. The molecule has 0 aliphatic heterocycles. The second-order valence-electron chi connectivity index (χ2n) is 4.90. The number of hydrogen-bond acceptors (Lipinski definition) is 5. The molecule has 0 bridgehead atoms. The van der Waals surface area contributed by atoms with Crippen LogP contribution < -0.4 is 14.9 Å². The van der Waals surface area contributed by atoms with Crippen LogP contribution in [0.2, 0.25) is 0 Å². The molecule has 132 valence electrons. The molecule has 0 unspecified atom stereocenters. The number of benzene rings is 2. The molecule has 2 aromatic carbocycles. The predicted molar refractivity (Wildman–Crippen MR) is 87.4 cm³/mol. The molecular weight excluding hydrogens is 334 g/mol. The molecule has 0 radical (unpaired) electrons. The van der Waals surface area contributed by atoms with Crippen molar-refractivity contribution in [2.24, 2.45) is 5.10 Å². The van der Waals surface area contributed by atoms with Gasteiger partial charge in [-0.3, -0.25) is 4.79 Å². The summed E-state index contributed by atoms with van der Waals surface area (Å²) in [5, 5.41) is 13.6. The summed E-state index contributed by atoms with van der Waals surface area (Å²) in [5.41, 5.74) is 3.35. The number of hydrogen-bond donors (Lipinski definition) is 2. The van der Waals surface area contributed by atoms with Crippen LogP contribution in [0.4, 0.5) is 8.78 Å². The van der Waals surface area contributed by atoms with Crippen molar-refractivity contribution in [3.63, 3.8) is 0 Å². The number of alkyl halides is 2. The Bertz CT molecular complexity index is 794. The van der Waals surface area contributed by atoms with E-state index in [-0.39, 0.29) is 22.8 Å². The molecule has 0 fully saturated rings. The number of rotatable bonds is 6. The summed E-state index contributed by atoms with van der Waals surface area (Å²) in [7, 11) is 1.32. The smallest absolute Gasteiger partial charge is 0.387 e. The van der Waals surface area contributed by atoms with Gasteiger partial charge in [0.25, 0.3) is 5.91 Å². The summed E-state index contributed by atoms with van der Waals surface area (Å²) in [6.45, 7) is -1.35. The Hall–Kier alpha value is -3.16. The van der Waals surface area contributed by atoms with Crippen LogP contribution in [0.1, 0.15) is 22.8 Å². The van der Waals surface area contributed by atoms with Crippen molar-refractivity contribution in [1.29, 1.82) is 0 Å². The van der Waals surface area contributed by atoms with Gasteiger partial charge in [0.15, 0.2) is 11.5 Å². The number of para-hydroxylation sites is 1. The van der Waals surface area contributed by atoms with Gasteiger partial charge < -0.3 is 14.6 Å². The van der Waals surface area contributed by atoms with Gasteiger partial charge in [0.05, 0.1) is 18.4 Å². The SMILES string of the molecule is COc1cc(/C(C)=N\NC(=O)c2ccccc2O)ccc1OC(F)F. The number of nitrogens with zero attached hydrogens (tertiary/aromatic N) is 1. The second-order valence-corrected chi connectivity index (χ2v) is 4.90. The highest BCUT2D eigenvalue weighted by atomic mass is 19.3. The average Bonchev–Trinajstić information content (AvgIpc) is 2.59. The Labute approximate surface area is 142 Å². The molecule has 8 heteroatoms. The molecule has 0 atom stereocenters. The fourth-order valence-electron chi connectivity index (χ4n) is 2.01. The zero-order valence-corrected chi connectivity index (χ0v) is 13.5. The molecule has 2 aromatic rings. The number of ether oxygens (including phenoxy) is 2. The third kappa shape index (κ3) is 4.66. The fraction of sp³-hybridized carbons (Fsp3) is 0.176. The van der Waals surface area contributed by atoms with Gasteiger partial charge in [0.2, 0.25) is 0 Å². The van der Waals surface area contributed by atoms with E-state index in [0.717, 1.165) is 0 Å². The van der Waals surface area contributed by atoms with Gasteiger partial charge in [-0.2, -0.15) is 13.9 Å². The maximum Gasteiger partial charge on any atom is 0.387 e. The molecule has 0 spiro atoms. The summed E-state index contributed by atoms with van der Waals surface area (Å²) in [4.78, 5) is 12.0. The topological polar surface area (TPSA) is 80.2 Å². The lowest BCUT2D eigenvalue weighted by Gasteiger charge is -2.11. The Balaban J connectivity index is 2.16. The predicted octanol–water partition coefficient (Wildman–Crippen LogP) is 3.16. The third-order valence-corrected chi connectivity index (χ3v) is 3.27. The summed E-state index contributed by atoms with van der Waals surface area (Å²) < 4.78 is 34.0. The summed E-state index contributed by atoms with van der Waals surface area (Å²) >= 11 is 0. The monoisotopic (exact) mass is 350 g/mol. The van der Waals surface area contributed by atoms with Crippen LogP contribution in [0.5, 0.6) is 17.2 Å². The van der Waals surface area contributed by atoms with Gasteiger partial charge in [-0.1, -0.05) is 12.1 Å². The van der Waals surface area contributed by atoms with E-state index < -0.39 is 12.5 Å². The quantitative estimate of drug-likeness (QED) is 0.619. The van der Waals surface area contributed by atoms with Crippen LogP contribution in [0.15, 0.2) is 47.6 Å². The number of aromatic hydroxyl groups is 1. The number of carbonyl (C=O) groups excluding carboxylic acids is 1. The Morgan fingerprint density at radius 1 is 1.20 bits per heavy atom. The minimum atomic E-state index is -2.97. The number of phenolic OH excluding ortho intramolecular Hbond substituents is 1. The molecule has 0 aromatic heterocycles. The highest BCUT2D eigenvalue weighted by Crippen LogP contribution is 2.29. The van der Waals surface area contributed by atoms with Gasteiger partial charge >= 0.3 is 6.61 Å². The van der Waals surface area contributed by atoms with E-state index >= 15 is 0 Å². The Kier molecular flexibility index (Phi) is 5.89. The van der Waals surface area contributed by atoms with Crippen molar-refractivity contribution >= 4 is 11.6 Å². The molecule has 0 aliphatic carbocycles. The molecular formula is C17H16F2N2O4. The highest BCUT2D eigenvalue weighted by molar-refractivity contribution is 6.01. The van der Waals surface area contributed by atoms with Gasteiger partial charge in [0.1, 0.15) is 5.75 Å². The van der Waals surface area contributed by atoms with Crippen molar-refractivity contribution in [3.8, 4) is 17.2 Å². The normalized spacial score (nSPS) is 11.3. The zero-order valence-electron chi connectivity index (χ0n) is 13.5.